The Labute approximate surface area is 151 Å². The Morgan fingerprint density at radius 1 is 0.885 bits per heavy atom. The van der Waals surface area contributed by atoms with Gasteiger partial charge in [0.1, 0.15) is 43.0 Å². The Morgan fingerprint density at radius 3 is 2.04 bits per heavy atom. The van der Waals surface area contributed by atoms with Crippen molar-refractivity contribution in [2.45, 2.75) is 24.9 Å². The van der Waals surface area contributed by atoms with Gasteiger partial charge in [-0.05, 0) is 29.8 Å². The van der Waals surface area contributed by atoms with Gasteiger partial charge in [0.2, 0.25) is 5.78 Å². The fraction of sp³-hybridized carbons (Fsp3) is 0.316. The summed E-state index contributed by atoms with van der Waals surface area (Å²) in [5.74, 6) is 0.207. The molecule has 0 radical (unpaired) electrons. The van der Waals surface area contributed by atoms with Crippen molar-refractivity contribution >= 4 is 5.78 Å². The largest absolute Gasteiger partial charge is 0.489 e. The fourth-order valence-electron chi connectivity index (χ4n) is 2.12. The van der Waals surface area contributed by atoms with E-state index in [1.165, 1.54) is 0 Å². The molecule has 0 aliphatic carbocycles. The molecule has 2 aromatic carbocycles. The second-order valence-corrected chi connectivity index (χ2v) is 5.69. The molecule has 26 heavy (non-hydrogen) atoms. The lowest BCUT2D eigenvalue weighted by Crippen LogP contribution is -2.45. The third-order valence-electron chi connectivity index (χ3n) is 3.69. The Balaban J connectivity index is 1.80. The average molecular weight is 362 g/mol. The van der Waals surface area contributed by atoms with Crippen molar-refractivity contribution in [3.05, 3.63) is 60.2 Å². The van der Waals surface area contributed by atoms with Crippen LogP contribution in [0.4, 0.5) is 0 Å². The third-order valence-corrected chi connectivity index (χ3v) is 3.69. The van der Waals surface area contributed by atoms with E-state index in [9.17, 15) is 20.1 Å². The Morgan fingerprint density at radius 2 is 1.46 bits per heavy atom. The molecule has 0 aliphatic heterocycles. The van der Waals surface area contributed by atoms with Gasteiger partial charge in [-0.2, -0.15) is 0 Å². The molecular formula is C19H22O7. The van der Waals surface area contributed by atoms with Gasteiger partial charge in [-0.1, -0.05) is 30.3 Å². The zero-order valence-electron chi connectivity index (χ0n) is 14.1. The molecule has 0 spiro atoms. The summed E-state index contributed by atoms with van der Waals surface area (Å²) in [6.07, 6.45) is -5.22. The molecule has 3 atom stereocenters. The van der Waals surface area contributed by atoms with Crippen LogP contribution in [0, 0.1) is 0 Å². The number of aliphatic hydroxyl groups excluding tert-OH is 4. The molecule has 0 amide bonds. The Hall–Kier alpha value is -2.45. The highest BCUT2D eigenvalue weighted by Crippen LogP contribution is 2.19. The zero-order valence-corrected chi connectivity index (χ0v) is 14.1. The van der Waals surface area contributed by atoms with Crippen molar-refractivity contribution in [2.24, 2.45) is 0 Å². The van der Waals surface area contributed by atoms with Crippen LogP contribution >= 0.6 is 0 Å². The average Bonchev–Trinajstić information content (AvgIpc) is 2.70. The Bertz CT molecular complexity index is 672. The SMILES string of the molecule is O=C(COc1ccc(OCc2ccccc2)cc1)[C@@H](O)[C@H](O)[C@@H](O)CO. The van der Waals surface area contributed by atoms with E-state index in [1.54, 1.807) is 24.3 Å². The molecule has 0 bridgehead atoms. The molecular weight excluding hydrogens is 340 g/mol. The van der Waals surface area contributed by atoms with Gasteiger partial charge in [-0.15, -0.1) is 0 Å². The molecule has 0 aliphatic rings. The first kappa shape index (κ1) is 19.9. The standard InChI is InChI=1S/C19H22O7/c20-10-16(21)18(23)19(24)17(22)12-26-15-8-6-14(7-9-15)25-11-13-4-2-1-3-5-13/h1-9,16,18-21,23-24H,10-12H2/t16-,18+,19+/m0/s1. The van der Waals surface area contributed by atoms with Crippen molar-refractivity contribution in [2.75, 3.05) is 13.2 Å². The number of aliphatic hydroxyl groups is 4. The van der Waals surface area contributed by atoms with Crippen LogP contribution in [-0.2, 0) is 11.4 Å². The van der Waals surface area contributed by atoms with Crippen molar-refractivity contribution in [3.8, 4) is 11.5 Å². The summed E-state index contributed by atoms with van der Waals surface area (Å²) in [7, 11) is 0. The minimum absolute atomic E-state index is 0.384. The topological polar surface area (TPSA) is 116 Å². The second kappa shape index (κ2) is 9.88. The van der Waals surface area contributed by atoms with Crippen LogP contribution in [0.25, 0.3) is 0 Å². The summed E-state index contributed by atoms with van der Waals surface area (Å²) in [5.41, 5.74) is 1.04. The zero-order chi connectivity index (χ0) is 18.9. The molecule has 2 rings (SSSR count). The molecule has 0 fully saturated rings. The number of benzene rings is 2. The smallest absolute Gasteiger partial charge is 0.201 e. The summed E-state index contributed by atoms with van der Waals surface area (Å²) < 4.78 is 10.9. The normalized spacial score (nSPS) is 14.3. The van der Waals surface area contributed by atoms with Gasteiger partial charge in [0.15, 0.2) is 0 Å². The molecule has 0 saturated heterocycles. The van der Waals surface area contributed by atoms with Crippen LogP contribution in [0.5, 0.6) is 11.5 Å². The van der Waals surface area contributed by atoms with Crippen LogP contribution in [-0.4, -0.2) is 57.7 Å². The van der Waals surface area contributed by atoms with Gasteiger partial charge in [-0.3, -0.25) is 4.79 Å². The fourth-order valence-corrected chi connectivity index (χ4v) is 2.12. The quantitative estimate of drug-likeness (QED) is 0.480. The van der Waals surface area contributed by atoms with Gasteiger partial charge in [0.05, 0.1) is 6.61 Å². The van der Waals surface area contributed by atoms with E-state index in [4.69, 9.17) is 14.6 Å². The van der Waals surface area contributed by atoms with E-state index >= 15 is 0 Å². The molecule has 4 N–H and O–H groups in total. The number of ketones is 1. The van der Waals surface area contributed by atoms with Gasteiger partial charge in [-0.25, -0.2) is 0 Å². The maximum Gasteiger partial charge on any atom is 0.201 e. The first-order valence-electron chi connectivity index (χ1n) is 8.08. The highest BCUT2D eigenvalue weighted by Gasteiger charge is 2.29. The number of Topliss-reactive ketones (excluding diaryl/α,β-unsaturated/α-hetero) is 1. The van der Waals surface area contributed by atoms with E-state index in [0.29, 0.717) is 18.1 Å². The molecule has 0 heterocycles. The number of rotatable bonds is 10. The van der Waals surface area contributed by atoms with Gasteiger partial charge < -0.3 is 29.9 Å². The maximum absolute atomic E-state index is 11.8. The summed E-state index contributed by atoms with van der Waals surface area (Å²) >= 11 is 0. The third kappa shape index (κ3) is 5.82. The molecule has 7 nitrogen and oxygen atoms in total. The van der Waals surface area contributed by atoms with Gasteiger partial charge in [0, 0.05) is 0 Å². The minimum Gasteiger partial charge on any atom is -0.489 e. The van der Waals surface area contributed by atoms with E-state index < -0.39 is 37.3 Å². The first-order valence-corrected chi connectivity index (χ1v) is 8.08. The number of hydrogen-bond donors (Lipinski definition) is 4. The number of ether oxygens (including phenoxy) is 2. The lowest BCUT2D eigenvalue weighted by molar-refractivity contribution is -0.142. The van der Waals surface area contributed by atoms with Crippen molar-refractivity contribution in [3.63, 3.8) is 0 Å². The van der Waals surface area contributed by atoms with E-state index in [-0.39, 0.29) is 0 Å². The van der Waals surface area contributed by atoms with E-state index in [0.717, 1.165) is 5.56 Å². The van der Waals surface area contributed by atoms with E-state index in [1.807, 2.05) is 30.3 Å². The van der Waals surface area contributed by atoms with Crippen molar-refractivity contribution in [1.82, 2.24) is 0 Å². The molecule has 2 aromatic rings. The highest BCUT2D eigenvalue weighted by molar-refractivity contribution is 5.84. The van der Waals surface area contributed by atoms with Crippen molar-refractivity contribution in [1.29, 1.82) is 0 Å². The lowest BCUT2D eigenvalue weighted by Gasteiger charge is -2.20. The first-order chi connectivity index (χ1) is 12.5. The molecule has 0 saturated carbocycles. The number of carbonyl (C=O) groups is 1. The monoisotopic (exact) mass is 362 g/mol. The molecule has 0 unspecified atom stereocenters. The van der Waals surface area contributed by atoms with Crippen LogP contribution in [0.15, 0.2) is 54.6 Å². The lowest BCUT2D eigenvalue weighted by atomic mass is 10.1. The van der Waals surface area contributed by atoms with Gasteiger partial charge in [0.25, 0.3) is 0 Å². The summed E-state index contributed by atoms with van der Waals surface area (Å²) in [6, 6.07) is 16.3. The predicted octanol–water partition coefficient (Wildman–Crippen LogP) is 0.288. The van der Waals surface area contributed by atoms with Crippen LogP contribution < -0.4 is 9.47 Å². The van der Waals surface area contributed by atoms with Crippen LogP contribution in [0.2, 0.25) is 0 Å². The Kier molecular flexibility index (Phi) is 7.55. The van der Waals surface area contributed by atoms with Crippen molar-refractivity contribution < 1.29 is 34.7 Å². The summed E-state index contributed by atoms with van der Waals surface area (Å²) in [6.45, 7) is -0.825. The number of hydrogen-bond acceptors (Lipinski definition) is 7. The maximum atomic E-state index is 11.8. The van der Waals surface area contributed by atoms with Gasteiger partial charge >= 0.3 is 0 Å². The summed E-state index contributed by atoms with van der Waals surface area (Å²) in [4.78, 5) is 11.8. The van der Waals surface area contributed by atoms with Crippen LogP contribution in [0.3, 0.4) is 0 Å². The number of carbonyl (C=O) groups excluding carboxylic acids is 1. The molecule has 7 heteroatoms. The second-order valence-electron chi connectivity index (χ2n) is 5.69. The summed E-state index contributed by atoms with van der Waals surface area (Å²) in [5, 5.41) is 37.0. The molecule has 140 valence electrons. The molecule has 0 aromatic heterocycles. The highest BCUT2D eigenvalue weighted by atomic mass is 16.5. The van der Waals surface area contributed by atoms with Crippen LogP contribution in [0.1, 0.15) is 5.56 Å². The van der Waals surface area contributed by atoms with E-state index in [2.05, 4.69) is 0 Å². The predicted molar refractivity (Wildman–Crippen MR) is 92.8 cm³/mol. The minimum atomic E-state index is -1.84.